The number of hydrogen-bond donors (Lipinski definition) is 2. The van der Waals surface area contributed by atoms with Crippen molar-refractivity contribution in [2.45, 2.75) is 57.5 Å². The van der Waals surface area contributed by atoms with Crippen LogP contribution in [-0.2, 0) is 29.2 Å². The lowest BCUT2D eigenvalue weighted by molar-refractivity contribution is -0.138. The van der Waals surface area contributed by atoms with Crippen molar-refractivity contribution in [2.24, 2.45) is 5.92 Å². The number of benzene rings is 2. The summed E-state index contributed by atoms with van der Waals surface area (Å²) in [7, 11) is 3.54. The Balaban J connectivity index is 1.36. The minimum atomic E-state index is -4.64. The number of ketones is 1. The van der Waals surface area contributed by atoms with Crippen LogP contribution in [0.4, 0.5) is 30.5 Å². The van der Waals surface area contributed by atoms with Crippen molar-refractivity contribution in [1.82, 2.24) is 14.9 Å². The Labute approximate surface area is 249 Å². The smallest absolute Gasteiger partial charge is 0.419 e. The zero-order chi connectivity index (χ0) is 30.9. The van der Waals surface area contributed by atoms with Crippen LogP contribution in [0.25, 0.3) is 0 Å². The van der Waals surface area contributed by atoms with Gasteiger partial charge in [-0.05, 0) is 101 Å². The highest BCUT2D eigenvalue weighted by atomic mass is 19.4. The Morgan fingerprint density at radius 2 is 1.91 bits per heavy atom. The van der Waals surface area contributed by atoms with E-state index in [-0.39, 0.29) is 36.2 Å². The normalized spacial score (nSPS) is 17.0. The Morgan fingerprint density at radius 1 is 1.16 bits per heavy atom. The molecule has 2 aliphatic heterocycles. The second-order valence-electron chi connectivity index (χ2n) is 11.9. The average molecular weight is 596 g/mol. The number of alkyl halides is 3. The second kappa shape index (κ2) is 11.9. The molecule has 2 aliphatic rings. The van der Waals surface area contributed by atoms with Crippen molar-refractivity contribution in [3.8, 4) is 5.75 Å². The molecule has 228 valence electrons. The van der Waals surface area contributed by atoms with Crippen molar-refractivity contribution in [3.63, 3.8) is 0 Å². The molecular formula is C32H36F3N5O3. The van der Waals surface area contributed by atoms with E-state index in [1.807, 2.05) is 6.07 Å². The Morgan fingerprint density at radius 3 is 2.60 bits per heavy atom. The maximum absolute atomic E-state index is 13.9. The van der Waals surface area contributed by atoms with E-state index in [0.717, 1.165) is 43.3 Å². The molecule has 43 heavy (non-hydrogen) atoms. The van der Waals surface area contributed by atoms with Gasteiger partial charge in [0.05, 0.1) is 29.5 Å². The molecule has 3 heterocycles. The van der Waals surface area contributed by atoms with E-state index < -0.39 is 17.2 Å². The number of nitrogens with one attached hydrogen (secondary N) is 2. The number of halogens is 3. The van der Waals surface area contributed by atoms with E-state index in [1.54, 1.807) is 44.2 Å². The lowest BCUT2D eigenvalue weighted by Gasteiger charge is -2.28. The number of fused-ring (bicyclic) bond motifs is 1. The van der Waals surface area contributed by atoms with Crippen LogP contribution in [0.5, 0.6) is 5.75 Å². The first-order valence-electron chi connectivity index (χ1n) is 14.4. The first-order chi connectivity index (χ1) is 20.4. The number of amides is 1. The van der Waals surface area contributed by atoms with Crippen LogP contribution < -0.4 is 15.4 Å². The van der Waals surface area contributed by atoms with E-state index in [9.17, 15) is 22.8 Å². The van der Waals surface area contributed by atoms with Gasteiger partial charge in [0.2, 0.25) is 11.9 Å². The van der Waals surface area contributed by atoms with Gasteiger partial charge in [-0.25, -0.2) is 9.97 Å². The maximum atomic E-state index is 13.9. The summed E-state index contributed by atoms with van der Waals surface area (Å²) in [5.74, 6) is 0.551. The largest absolute Gasteiger partial charge is 0.495 e. The third kappa shape index (κ3) is 6.51. The van der Waals surface area contributed by atoms with Gasteiger partial charge >= 0.3 is 6.18 Å². The second-order valence-corrected chi connectivity index (χ2v) is 11.9. The Hall–Kier alpha value is -3.99. The van der Waals surface area contributed by atoms with Crippen LogP contribution in [0.15, 0.2) is 42.6 Å². The third-order valence-corrected chi connectivity index (χ3v) is 8.48. The average Bonchev–Trinajstić information content (AvgIpc) is 3.20. The SMILES string of the molecule is COc1cc(C(=O)CC2CCN(C)CC2)ccc1Nc1ncc(C(F)(F)F)c(CCc2cccc3c2C(C)(C)C(=O)N3)n1. The quantitative estimate of drug-likeness (QED) is 0.285. The summed E-state index contributed by atoms with van der Waals surface area (Å²) < 4.78 is 47.3. The zero-order valence-electron chi connectivity index (χ0n) is 24.8. The molecule has 0 atom stereocenters. The molecular weight excluding hydrogens is 559 g/mol. The van der Waals surface area contributed by atoms with E-state index in [2.05, 4.69) is 32.5 Å². The van der Waals surface area contributed by atoms with Crippen molar-refractivity contribution in [1.29, 1.82) is 0 Å². The number of ether oxygens (including phenoxy) is 1. The monoisotopic (exact) mass is 595 g/mol. The van der Waals surface area contributed by atoms with Crippen LogP contribution in [0.1, 0.15) is 65.9 Å². The zero-order valence-corrected chi connectivity index (χ0v) is 24.8. The Bertz CT molecular complexity index is 1530. The predicted molar refractivity (Wildman–Crippen MR) is 158 cm³/mol. The first kappa shape index (κ1) is 30.5. The highest BCUT2D eigenvalue weighted by molar-refractivity contribution is 6.06. The van der Waals surface area contributed by atoms with Gasteiger partial charge < -0.3 is 20.3 Å². The summed E-state index contributed by atoms with van der Waals surface area (Å²) >= 11 is 0. The minimum absolute atomic E-state index is 0.0195. The minimum Gasteiger partial charge on any atom is -0.495 e. The fourth-order valence-electron chi connectivity index (χ4n) is 5.94. The summed E-state index contributed by atoms with van der Waals surface area (Å²) in [5, 5.41) is 5.82. The molecule has 1 saturated heterocycles. The van der Waals surface area contributed by atoms with Crippen LogP contribution in [0, 0.1) is 5.92 Å². The number of anilines is 3. The van der Waals surface area contributed by atoms with Crippen LogP contribution in [0.3, 0.4) is 0 Å². The molecule has 0 spiro atoms. The molecule has 0 radical (unpaired) electrons. The molecule has 0 bridgehead atoms. The summed E-state index contributed by atoms with van der Waals surface area (Å²) in [6.45, 7) is 5.54. The molecule has 0 unspecified atom stereocenters. The summed E-state index contributed by atoms with van der Waals surface area (Å²) in [4.78, 5) is 35.9. The van der Waals surface area contributed by atoms with Crippen molar-refractivity contribution >= 4 is 29.0 Å². The number of methoxy groups -OCH3 is 1. The number of carbonyl (C=O) groups excluding carboxylic acids is 2. The van der Waals surface area contributed by atoms with Crippen LogP contribution in [-0.4, -0.2) is 53.8 Å². The maximum Gasteiger partial charge on any atom is 0.419 e. The molecule has 2 aromatic carbocycles. The molecule has 1 fully saturated rings. The third-order valence-electron chi connectivity index (χ3n) is 8.48. The molecule has 0 aliphatic carbocycles. The van der Waals surface area contributed by atoms with Crippen molar-refractivity contribution < 1.29 is 27.5 Å². The molecule has 0 saturated carbocycles. The van der Waals surface area contributed by atoms with Crippen LogP contribution in [0.2, 0.25) is 0 Å². The summed E-state index contributed by atoms with van der Waals surface area (Å²) in [6.07, 6.45) is -1.22. The number of carbonyl (C=O) groups is 2. The molecule has 3 aromatic rings. The van der Waals surface area contributed by atoms with Crippen molar-refractivity contribution in [3.05, 3.63) is 70.5 Å². The first-order valence-corrected chi connectivity index (χ1v) is 14.4. The molecule has 5 rings (SSSR count). The van der Waals surface area contributed by atoms with Crippen LogP contribution >= 0.6 is 0 Å². The number of aryl methyl sites for hydroxylation is 2. The molecule has 1 aromatic heterocycles. The number of likely N-dealkylation sites (tertiary alicyclic amines) is 1. The number of rotatable bonds is 9. The molecule has 11 heteroatoms. The van der Waals surface area contributed by atoms with E-state index >= 15 is 0 Å². The lowest BCUT2D eigenvalue weighted by Crippen LogP contribution is -2.31. The van der Waals surface area contributed by atoms with E-state index in [4.69, 9.17) is 4.74 Å². The van der Waals surface area contributed by atoms with Gasteiger partial charge in [0.1, 0.15) is 5.75 Å². The standard InChI is InChI=1S/C32H36F3N5O3/c1-31(2)28-20(6-5-7-25(28)37-29(31)42)8-10-23-22(32(33,34)35)18-36-30(38-23)39-24-11-9-21(17-27(24)43-4)26(41)16-19-12-14-40(3)15-13-19/h5-7,9,11,17-19H,8,10,12-16H2,1-4H3,(H,37,42)(H,36,38,39). The van der Waals surface area contributed by atoms with Gasteiger partial charge in [-0.15, -0.1) is 0 Å². The van der Waals surface area contributed by atoms with E-state index in [1.165, 1.54) is 7.11 Å². The molecule has 1 amide bonds. The van der Waals surface area contributed by atoms with Gasteiger partial charge in [0.25, 0.3) is 0 Å². The van der Waals surface area contributed by atoms with Gasteiger partial charge in [-0.3, -0.25) is 9.59 Å². The highest BCUT2D eigenvalue weighted by Crippen LogP contribution is 2.40. The fourth-order valence-corrected chi connectivity index (χ4v) is 5.94. The van der Waals surface area contributed by atoms with Gasteiger partial charge in [0.15, 0.2) is 5.78 Å². The molecule has 2 N–H and O–H groups in total. The molecule has 8 nitrogen and oxygen atoms in total. The van der Waals surface area contributed by atoms with Gasteiger partial charge in [-0.2, -0.15) is 13.2 Å². The van der Waals surface area contributed by atoms with E-state index in [0.29, 0.717) is 35.0 Å². The topological polar surface area (TPSA) is 96.5 Å². The summed E-state index contributed by atoms with van der Waals surface area (Å²) in [5.41, 5.74) is 1.31. The van der Waals surface area contributed by atoms with Gasteiger partial charge in [-0.1, -0.05) is 12.1 Å². The lowest BCUT2D eigenvalue weighted by atomic mass is 9.82. The fraction of sp³-hybridized carbons (Fsp3) is 0.438. The van der Waals surface area contributed by atoms with Crippen molar-refractivity contribution in [2.75, 3.05) is 37.9 Å². The number of Topliss-reactive ketones (excluding diaryl/α,β-unsaturated/α-hetero) is 1. The highest BCUT2D eigenvalue weighted by Gasteiger charge is 2.40. The number of aromatic nitrogens is 2. The predicted octanol–water partition coefficient (Wildman–Crippen LogP) is 6.18. The number of hydrogen-bond acceptors (Lipinski definition) is 7. The van der Waals surface area contributed by atoms with Gasteiger partial charge in [0, 0.05) is 23.9 Å². The number of nitrogens with zero attached hydrogens (tertiary/aromatic N) is 3. The number of piperidine rings is 1. The Kier molecular flexibility index (Phi) is 8.47. The summed E-state index contributed by atoms with van der Waals surface area (Å²) in [6, 6.07) is 10.4.